The average Bonchev–Trinajstić information content (AvgIpc) is 3.01. The van der Waals surface area contributed by atoms with Crippen LogP contribution in [0.2, 0.25) is 0 Å². The normalized spacial score (nSPS) is 11.2. The fourth-order valence-electron chi connectivity index (χ4n) is 5.20. The summed E-state index contributed by atoms with van der Waals surface area (Å²) < 4.78 is 0. The molecule has 0 atom stereocenters. The van der Waals surface area contributed by atoms with Gasteiger partial charge in [0.05, 0.1) is 0 Å². The fourth-order valence-corrected chi connectivity index (χ4v) is 10.2. The van der Waals surface area contributed by atoms with Crippen LogP contribution in [0.15, 0.2) is 158 Å². The maximum Gasteiger partial charge on any atom is 0.0401 e. The van der Waals surface area contributed by atoms with E-state index in [0.29, 0.717) is 0 Å². The molecular weight excluding hydrogens is 522 g/mol. The van der Waals surface area contributed by atoms with Crippen molar-refractivity contribution in [3.63, 3.8) is 0 Å². The quantitative estimate of drug-likeness (QED) is 0.188. The second kappa shape index (κ2) is 11.9. The lowest BCUT2D eigenvalue weighted by atomic mass is 10.0. The van der Waals surface area contributed by atoms with Gasteiger partial charge in [0.2, 0.25) is 0 Å². The van der Waals surface area contributed by atoms with E-state index in [4.69, 9.17) is 11.5 Å². The summed E-state index contributed by atoms with van der Waals surface area (Å²) in [7, 11) is -1.78. The Bertz CT molecular complexity index is 1500. The molecule has 0 aromatic heterocycles. The molecule has 0 radical (unpaired) electrons. The molecule has 0 saturated carbocycles. The summed E-state index contributed by atoms with van der Waals surface area (Å²) in [6.45, 7) is 0. The minimum absolute atomic E-state index is 0.743. The Morgan fingerprint density at radius 2 is 0.575 bits per heavy atom. The van der Waals surface area contributed by atoms with Gasteiger partial charge in [0.1, 0.15) is 0 Å². The summed E-state index contributed by atoms with van der Waals surface area (Å²) in [5.41, 5.74) is 17.4. The van der Waals surface area contributed by atoms with Crippen LogP contribution in [0.5, 0.6) is 0 Å². The topological polar surface area (TPSA) is 52.0 Å². The molecule has 6 rings (SSSR count). The van der Waals surface area contributed by atoms with E-state index in [9.17, 15) is 0 Å². The van der Waals surface area contributed by atoms with Crippen LogP contribution in [0, 0.1) is 0 Å². The first kappa shape index (κ1) is 26.0. The molecule has 0 heterocycles. The van der Waals surface area contributed by atoms with E-state index in [0.717, 1.165) is 22.5 Å². The first-order chi connectivity index (χ1) is 19.7. The van der Waals surface area contributed by atoms with Gasteiger partial charge in [0.25, 0.3) is 0 Å². The van der Waals surface area contributed by atoms with Crippen molar-refractivity contribution in [1.29, 1.82) is 0 Å². The summed E-state index contributed by atoms with van der Waals surface area (Å²) in [5.74, 6) is 0. The van der Waals surface area contributed by atoms with E-state index in [1.807, 2.05) is 12.1 Å². The number of nitrogen functional groups attached to an aromatic ring is 2. The van der Waals surface area contributed by atoms with Crippen molar-refractivity contribution >= 4 is 59.0 Å². The number of nitrogens with two attached hydrogens (primary N) is 2. The SMILES string of the molecule is Nc1cccc(P(c2ccccc2)c2ccccc2)c1-c1c(N)cccc1P(c1ccccc1)c1ccccc1. The van der Waals surface area contributed by atoms with Crippen molar-refractivity contribution in [2.75, 3.05) is 11.5 Å². The van der Waals surface area contributed by atoms with Gasteiger partial charge >= 0.3 is 0 Å². The standard InChI is InChI=1S/C36H30N2P2/c37-31-23-13-25-33(39(27-15-5-1-6-16-27)28-17-7-2-8-18-28)35(31)36-32(38)24-14-26-34(36)40(29-19-9-3-10-20-29)30-21-11-4-12-22-30/h1-26H,37-38H2. The summed E-state index contributed by atoms with van der Waals surface area (Å²) in [4.78, 5) is 0. The van der Waals surface area contributed by atoms with Crippen LogP contribution in [0.4, 0.5) is 11.4 Å². The zero-order valence-corrected chi connectivity index (χ0v) is 23.8. The molecule has 2 nitrogen and oxygen atoms in total. The summed E-state index contributed by atoms with van der Waals surface area (Å²) in [6.07, 6.45) is 0. The van der Waals surface area contributed by atoms with Crippen LogP contribution in [0.3, 0.4) is 0 Å². The molecule has 0 unspecified atom stereocenters. The van der Waals surface area contributed by atoms with Crippen molar-refractivity contribution in [3.8, 4) is 11.1 Å². The molecule has 0 amide bonds. The van der Waals surface area contributed by atoms with Gasteiger partial charge < -0.3 is 11.5 Å². The Morgan fingerprint density at radius 1 is 0.300 bits per heavy atom. The highest BCUT2D eigenvalue weighted by Gasteiger charge is 2.27. The largest absolute Gasteiger partial charge is 0.398 e. The Hall–Kier alpha value is -4.22. The molecule has 6 aromatic carbocycles. The number of hydrogen-bond acceptors (Lipinski definition) is 2. The molecule has 0 aliphatic carbocycles. The third-order valence-corrected chi connectivity index (χ3v) is 11.9. The summed E-state index contributed by atoms with van der Waals surface area (Å²) in [5, 5.41) is 7.53. The van der Waals surface area contributed by atoms with Crippen molar-refractivity contribution in [1.82, 2.24) is 0 Å². The van der Waals surface area contributed by atoms with Gasteiger partial charge in [-0.05, 0) is 59.8 Å². The van der Waals surface area contributed by atoms with Gasteiger partial charge in [-0.2, -0.15) is 0 Å². The Balaban J connectivity index is 1.65. The fraction of sp³-hybridized carbons (Fsp3) is 0. The smallest absolute Gasteiger partial charge is 0.0401 e. The molecule has 0 saturated heterocycles. The van der Waals surface area contributed by atoms with E-state index < -0.39 is 15.8 Å². The maximum atomic E-state index is 6.92. The number of benzene rings is 6. The van der Waals surface area contributed by atoms with Gasteiger partial charge in [-0.15, -0.1) is 0 Å². The van der Waals surface area contributed by atoms with Gasteiger partial charge in [0.15, 0.2) is 0 Å². The summed E-state index contributed by atoms with van der Waals surface area (Å²) >= 11 is 0. The highest BCUT2D eigenvalue weighted by atomic mass is 31.1. The van der Waals surface area contributed by atoms with E-state index in [1.54, 1.807) is 0 Å². The van der Waals surface area contributed by atoms with Crippen molar-refractivity contribution < 1.29 is 0 Å². The molecule has 4 heteroatoms. The lowest BCUT2D eigenvalue weighted by Crippen LogP contribution is -2.27. The van der Waals surface area contributed by atoms with Gasteiger partial charge in [-0.25, -0.2) is 0 Å². The second-order valence-corrected chi connectivity index (χ2v) is 13.9. The highest BCUT2D eigenvalue weighted by Crippen LogP contribution is 2.44. The van der Waals surface area contributed by atoms with Crippen LogP contribution in [0.25, 0.3) is 11.1 Å². The molecule has 0 fully saturated rings. The lowest BCUT2D eigenvalue weighted by Gasteiger charge is -2.28. The molecule has 194 valence electrons. The highest BCUT2D eigenvalue weighted by molar-refractivity contribution is 7.80. The molecule has 40 heavy (non-hydrogen) atoms. The third-order valence-electron chi connectivity index (χ3n) is 6.94. The number of rotatable bonds is 7. The first-order valence-corrected chi connectivity index (χ1v) is 16.0. The second-order valence-electron chi connectivity index (χ2n) is 9.50. The van der Waals surface area contributed by atoms with Crippen LogP contribution in [-0.4, -0.2) is 0 Å². The summed E-state index contributed by atoms with van der Waals surface area (Å²) in [6, 6.07) is 55.7. The van der Waals surface area contributed by atoms with Gasteiger partial charge in [-0.3, -0.25) is 0 Å². The monoisotopic (exact) mass is 552 g/mol. The number of hydrogen-bond donors (Lipinski definition) is 2. The molecule has 0 spiro atoms. The van der Waals surface area contributed by atoms with Crippen molar-refractivity contribution in [2.24, 2.45) is 0 Å². The maximum absolute atomic E-state index is 6.92. The molecule has 0 bridgehead atoms. The van der Waals surface area contributed by atoms with Crippen molar-refractivity contribution in [2.45, 2.75) is 0 Å². The van der Waals surface area contributed by atoms with Crippen LogP contribution in [0.1, 0.15) is 0 Å². The zero-order valence-electron chi connectivity index (χ0n) is 22.1. The Labute approximate surface area is 238 Å². The van der Waals surface area contributed by atoms with Crippen LogP contribution < -0.4 is 43.3 Å². The third kappa shape index (κ3) is 5.17. The van der Waals surface area contributed by atoms with E-state index in [-0.39, 0.29) is 0 Å². The molecule has 4 N–H and O–H groups in total. The first-order valence-electron chi connectivity index (χ1n) is 13.3. The molecule has 0 aliphatic rings. The van der Waals surface area contributed by atoms with Crippen LogP contribution in [-0.2, 0) is 0 Å². The van der Waals surface area contributed by atoms with Crippen molar-refractivity contribution in [3.05, 3.63) is 158 Å². The van der Waals surface area contributed by atoms with Crippen LogP contribution >= 0.6 is 15.8 Å². The predicted octanol–water partition coefficient (Wildman–Crippen LogP) is 6.03. The molecule has 0 aliphatic heterocycles. The Kier molecular flexibility index (Phi) is 7.73. The van der Waals surface area contributed by atoms with Gasteiger partial charge in [0, 0.05) is 22.5 Å². The zero-order chi connectivity index (χ0) is 27.3. The minimum Gasteiger partial charge on any atom is -0.398 e. The Morgan fingerprint density at radius 3 is 0.850 bits per heavy atom. The molecule has 6 aromatic rings. The number of anilines is 2. The lowest BCUT2D eigenvalue weighted by molar-refractivity contribution is 1.65. The predicted molar refractivity (Wildman–Crippen MR) is 178 cm³/mol. The average molecular weight is 553 g/mol. The minimum atomic E-state index is -0.888. The van der Waals surface area contributed by atoms with Gasteiger partial charge in [-0.1, -0.05) is 146 Å². The van der Waals surface area contributed by atoms with E-state index in [1.165, 1.54) is 31.8 Å². The van der Waals surface area contributed by atoms with E-state index >= 15 is 0 Å². The van der Waals surface area contributed by atoms with E-state index in [2.05, 4.69) is 146 Å². The molecular formula is C36H30N2P2.